The minimum absolute atomic E-state index is 0.118. The Morgan fingerprint density at radius 3 is 3.04 bits per heavy atom. The molecule has 1 fully saturated rings. The number of aromatic amines is 1. The van der Waals surface area contributed by atoms with Gasteiger partial charge in [0.15, 0.2) is 0 Å². The summed E-state index contributed by atoms with van der Waals surface area (Å²) in [5, 5.41) is 6.18. The predicted octanol–water partition coefficient (Wildman–Crippen LogP) is 1.84. The monoisotopic (exact) mass is 352 g/mol. The highest BCUT2D eigenvalue weighted by atomic mass is 35.5. The fourth-order valence-corrected chi connectivity index (χ4v) is 3.46. The van der Waals surface area contributed by atoms with Crippen LogP contribution in [0.2, 0.25) is 5.02 Å². The Kier molecular flexibility index (Phi) is 4.25. The van der Waals surface area contributed by atoms with Crippen molar-refractivity contribution >= 4 is 46.2 Å². The summed E-state index contributed by atoms with van der Waals surface area (Å²) >= 11 is 7.41. The Balaban J connectivity index is 1.61. The summed E-state index contributed by atoms with van der Waals surface area (Å²) in [5.74, 6) is 0.873. The minimum atomic E-state index is -0.514. The standard InChI is InChI=1S/C15H17ClN4O2S/c1-15(2)14(22)20-11(7-23-15)13(21)17-6-12-18-9-4-3-8(16)5-10(9)19-12/h3-5,11H,6-7H2,1-2H3,(H,17,21)(H,18,19)(H,20,22)/t11-/m0/s1. The number of nitrogens with zero attached hydrogens (tertiary/aromatic N) is 1. The molecule has 3 rings (SSSR count). The number of halogens is 1. The topological polar surface area (TPSA) is 86.9 Å². The van der Waals surface area contributed by atoms with Crippen LogP contribution in [-0.2, 0) is 16.1 Å². The second-order valence-corrected chi connectivity index (χ2v) is 7.99. The van der Waals surface area contributed by atoms with E-state index in [1.807, 2.05) is 19.9 Å². The molecule has 0 aliphatic carbocycles. The van der Waals surface area contributed by atoms with E-state index in [0.717, 1.165) is 11.0 Å². The molecule has 0 unspecified atom stereocenters. The lowest BCUT2D eigenvalue weighted by molar-refractivity contribution is -0.129. The van der Waals surface area contributed by atoms with E-state index in [1.165, 1.54) is 11.8 Å². The van der Waals surface area contributed by atoms with E-state index in [4.69, 9.17) is 11.6 Å². The third-order valence-corrected chi connectivity index (χ3v) is 5.34. The highest BCUT2D eigenvalue weighted by Gasteiger charge is 2.37. The molecule has 3 N–H and O–H groups in total. The van der Waals surface area contributed by atoms with Crippen molar-refractivity contribution in [2.45, 2.75) is 31.2 Å². The maximum Gasteiger partial charge on any atom is 0.243 e. The molecule has 0 spiro atoms. The number of imidazole rings is 1. The lowest BCUT2D eigenvalue weighted by Crippen LogP contribution is -2.57. The summed E-state index contributed by atoms with van der Waals surface area (Å²) in [7, 11) is 0. The largest absolute Gasteiger partial charge is 0.347 e. The van der Waals surface area contributed by atoms with E-state index in [-0.39, 0.29) is 18.4 Å². The average Bonchev–Trinajstić information content (AvgIpc) is 2.89. The van der Waals surface area contributed by atoms with Crippen molar-refractivity contribution in [2.24, 2.45) is 0 Å². The molecule has 0 saturated carbocycles. The number of amides is 2. The molecular formula is C15H17ClN4O2S. The number of fused-ring (bicyclic) bond motifs is 1. The van der Waals surface area contributed by atoms with Gasteiger partial charge in [0.25, 0.3) is 0 Å². The first-order valence-corrected chi connectivity index (χ1v) is 8.58. The highest BCUT2D eigenvalue weighted by molar-refractivity contribution is 8.01. The predicted molar refractivity (Wildman–Crippen MR) is 91.4 cm³/mol. The third-order valence-electron chi connectivity index (χ3n) is 3.70. The summed E-state index contributed by atoms with van der Waals surface area (Å²) in [5.41, 5.74) is 1.62. The Morgan fingerprint density at radius 2 is 2.30 bits per heavy atom. The summed E-state index contributed by atoms with van der Waals surface area (Å²) in [4.78, 5) is 31.6. The van der Waals surface area contributed by atoms with Crippen LogP contribution >= 0.6 is 23.4 Å². The van der Waals surface area contributed by atoms with E-state index in [1.54, 1.807) is 12.1 Å². The molecule has 8 heteroatoms. The molecule has 1 saturated heterocycles. The number of benzene rings is 1. The van der Waals surface area contributed by atoms with Crippen LogP contribution in [0.15, 0.2) is 18.2 Å². The molecule has 0 radical (unpaired) electrons. The number of carbonyl (C=O) groups excluding carboxylic acids is 2. The van der Waals surface area contributed by atoms with Crippen molar-refractivity contribution in [1.82, 2.24) is 20.6 Å². The van der Waals surface area contributed by atoms with Gasteiger partial charge in [0.05, 0.1) is 22.3 Å². The van der Waals surface area contributed by atoms with Gasteiger partial charge in [-0.15, -0.1) is 11.8 Å². The highest BCUT2D eigenvalue weighted by Crippen LogP contribution is 2.29. The number of rotatable bonds is 3. The second kappa shape index (κ2) is 6.05. The summed E-state index contributed by atoms with van der Waals surface area (Å²) in [6.45, 7) is 3.97. The van der Waals surface area contributed by atoms with Crippen LogP contribution in [0.25, 0.3) is 11.0 Å². The fourth-order valence-electron chi connectivity index (χ4n) is 2.28. The van der Waals surface area contributed by atoms with Gasteiger partial charge in [-0.1, -0.05) is 11.6 Å². The van der Waals surface area contributed by atoms with Crippen molar-refractivity contribution in [1.29, 1.82) is 0 Å². The van der Waals surface area contributed by atoms with E-state index in [0.29, 0.717) is 16.6 Å². The lowest BCUT2D eigenvalue weighted by Gasteiger charge is -2.32. The SMILES string of the molecule is CC1(C)SC[C@@H](C(=O)NCc2nc3ccc(Cl)cc3[nH]2)NC1=O. The quantitative estimate of drug-likeness (QED) is 0.786. The second-order valence-electron chi connectivity index (χ2n) is 5.91. The molecule has 1 aliphatic rings. The van der Waals surface area contributed by atoms with E-state index in [9.17, 15) is 9.59 Å². The molecule has 6 nitrogen and oxygen atoms in total. The van der Waals surface area contributed by atoms with E-state index >= 15 is 0 Å². The first-order valence-electron chi connectivity index (χ1n) is 7.22. The molecule has 23 heavy (non-hydrogen) atoms. The van der Waals surface area contributed by atoms with Crippen LogP contribution in [-0.4, -0.2) is 38.3 Å². The van der Waals surface area contributed by atoms with Gasteiger partial charge in [-0.2, -0.15) is 0 Å². The maximum atomic E-state index is 12.2. The van der Waals surface area contributed by atoms with Crippen molar-refractivity contribution < 1.29 is 9.59 Å². The van der Waals surface area contributed by atoms with Crippen LogP contribution in [0.5, 0.6) is 0 Å². The van der Waals surface area contributed by atoms with Crippen molar-refractivity contribution in [3.05, 3.63) is 29.0 Å². The van der Waals surface area contributed by atoms with E-state index < -0.39 is 10.8 Å². The Labute approximate surface area is 142 Å². The van der Waals surface area contributed by atoms with Crippen LogP contribution in [0, 0.1) is 0 Å². The maximum absolute atomic E-state index is 12.2. The molecule has 1 aromatic heterocycles. The number of nitrogens with one attached hydrogen (secondary N) is 3. The zero-order valence-electron chi connectivity index (χ0n) is 12.8. The van der Waals surface area contributed by atoms with Crippen molar-refractivity contribution in [3.63, 3.8) is 0 Å². The van der Waals surface area contributed by atoms with Crippen LogP contribution in [0.3, 0.4) is 0 Å². The molecule has 2 aromatic rings. The van der Waals surface area contributed by atoms with Gasteiger partial charge in [-0.05, 0) is 32.0 Å². The fraction of sp³-hybridized carbons (Fsp3) is 0.400. The summed E-state index contributed by atoms with van der Waals surface area (Å²) in [6.07, 6.45) is 0. The minimum Gasteiger partial charge on any atom is -0.347 e. The summed E-state index contributed by atoms with van der Waals surface area (Å²) < 4.78 is -0.491. The van der Waals surface area contributed by atoms with Crippen LogP contribution < -0.4 is 10.6 Å². The normalized spacial score (nSPS) is 20.3. The molecule has 1 aliphatic heterocycles. The Hall–Kier alpha value is -1.73. The van der Waals surface area contributed by atoms with Crippen molar-refractivity contribution in [2.75, 3.05) is 5.75 Å². The molecule has 2 amide bonds. The first kappa shape index (κ1) is 16.1. The number of hydrogen-bond donors (Lipinski definition) is 3. The zero-order chi connectivity index (χ0) is 16.6. The van der Waals surface area contributed by atoms with Crippen LogP contribution in [0.1, 0.15) is 19.7 Å². The molecule has 1 atom stereocenters. The lowest BCUT2D eigenvalue weighted by atomic mass is 10.1. The molecule has 2 heterocycles. The van der Waals surface area contributed by atoms with Gasteiger partial charge in [0.2, 0.25) is 11.8 Å². The van der Waals surface area contributed by atoms with Gasteiger partial charge in [0, 0.05) is 10.8 Å². The third kappa shape index (κ3) is 3.45. The van der Waals surface area contributed by atoms with Crippen molar-refractivity contribution in [3.8, 4) is 0 Å². The van der Waals surface area contributed by atoms with Gasteiger partial charge < -0.3 is 15.6 Å². The average molecular weight is 353 g/mol. The molecular weight excluding hydrogens is 336 g/mol. The van der Waals surface area contributed by atoms with Gasteiger partial charge in [-0.3, -0.25) is 9.59 Å². The number of carbonyl (C=O) groups is 2. The molecule has 0 bridgehead atoms. The number of H-pyrrole nitrogens is 1. The van der Waals surface area contributed by atoms with Gasteiger partial charge >= 0.3 is 0 Å². The molecule has 1 aromatic carbocycles. The number of thioether (sulfide) groups is 1. The molecule has 122 valence electrons. The Morgan fingerprint density at radius 1 is 1.52 bits per heavy atom. The number of aromatic nitrogens is 2. The van der Waals surface area contributed by atoms with E-state index in [2.05, 4.69) is 20.6 Å². The zero-order valence-corrected chi connectivity index (χ0v) is 14.3. The van der Waals surface area contributed by atoms with Gasteiger partial charge in [-0.25, -0.2) is 4.98 Å². The van der Waals surface area contributed by atoms with Crippen LogP contribution in [0.4, 0.5) is 0 Å². The Bertz CT molecular complexity index is 774. The van der Waals surface area contributed by atoms with Gasteiger partial charge in [0.1, 0.15) is 11.9 Å². The summed E-state index contributed by atoms with van der Waals surface area (Å²) in [6, 6.07) is 4.86. The first-order chi connectivity index (χ1) is 10.8. The number of hydrogen-bond acceptors (Lipinski definition) is 4. The smallest absolute Gasteiger partial charge is 0.243 e.